The highest BCUT2D eigenvalue weighted by atomic mass is 15.2. The van der Waals surface area contributed by atoms with Crippen molar-refractivity contribution in [3.63, 3.8) is 0 Å². The van der Waals surface area contributed by atoms with Crippen molar-refractivity contribution in [1.29, 1.82) is 0 Å². The maximum atomic E-state index is 5.85. The van der Waals surface area contributed by atoms with E-state index >= 15 is 0 Å². The van der Waals surface area contributed by atoms with Gasteiger partial charge in [-0.15, -0.1) is 0 Å². The fraction of sp³-hybridized carbons (Fsp3) is 0.667. The van der Waals surface area contributed by atoms with Crippen LogP contribution in [-0.4, -0.2) is 49.2 Å². The van der Waals surface area contributed by atoms with Gasteiger partial charge in [-0.3, -0.25) is 0 Å². The largest absolute Gasteiger partial charge is 0.355 e. The highest BCUT2D eigenvalue weighted by Gasteiger charge is 2.15. The lowest BCUT2D eigenvalue weighted by Crippen LogP contribution is -2.30. The van der Waals surface area contributed by atoms with Gasteiger partial charge in [0, 0.05) is 31.9 Å². The molecular weight excluding hydrogens is 236 g/mol. The first-order valence-electron chi connectivity index (χ1n) is 7.21. The number of likely N-dealkylation sites (N-methyl/N-ethyl adjacent to an activating group) is 1. The van der Waals surface area contributed by atoms with Crippen LogP contribution in [-0.2, 0) is 6.42 Å². The minimum absolute atomic E-state index is 0.193. The summed E-state index contributed by atoms with van der Waals surface area (Å²) in [5.41, 5.74) is 8.35. The number of rotatable bonds is 3. The predicted octanol–water partition coefficient (Wildman–Crippen LogP) is 1.42. The van der Waals surface area contributed by atoms with E-state index in [2.05, 4.69) is 34.8 Å². The second-order valence-corrected chi connectivity index (χ2v) is 5.81. The zero-order valence-corrected chi connectivity index (χ0v) is 12.4. The molecule has 0 spiro atoms. The summed E-state index contributed by atoms with van der Waals surface area (Å²) >= 11 is 0. The summed E-state index contributed by atoms with van der Waals surface area (Å²) in [6, 6.07) is 2.43. The maximum Gasteiger partial charge on any atom is 0.131 e. The summed E-state index contributed by atoms with van der Waals surface area (Å²) in [5.74, 6) is 1.14. The molecule has 1 aromatic heterocycles. The normalized spacial score (nSPS) is 19.3. The molecule has 1 aromatic rings. The van der Waals surface area contributed by atoms with Crippen LogP contribution in [0.15, 0.2) is 12.3 Å². The summed E-state index contributed by atoms with van der Waals surface area (Å²) in [7, 11) is 2.19. The first-order valence-corrected chi connectivity index (χ1v) is 7.21. The third-order valence-electron chi connectivity index (χ3n) is 3.68. The first-order chi connectivity index (χ1) is 9.06. The molecule has 106 valence electrons. The van der Waals surface area contributed by atoms with Crippen molar-refractivity contribution in [2.45, 2.75) is 32.7 Å². The highest BCUT2D eigenvalue weighted by molar-refractivity contribution is 5.47. The van der Waals surface area contributed by atoms with Crippen LogP contribution in [0.25, 0.3) is 0 Å². The monoisotopic (exact) mass is 262 g/mol. The molecule has 1 aliphatic rings. The molecular formula is C15H26N4. The molecule has 2 N–H and O–H groups in total. The van der Waals surface area contributed by atoms with E-state index in [-0.39, 0.29) is 6.04 Å². The van der Waals surface area contributed by atoms with E-state index in [1.165, 1.54) is 24.1 Å². The summed E-state index contributed by atoms with van der Waals surface area (Å²) in [6.45, 7) is 8.65. The third-order valence-corrected chi connectivity index (χ3v) is 3.68. The summed E-state index contributed by atoms with van der Waals surface area (Å²) in [6.07, 6.45) is 4.09. The van der Waals surface area contributed by atoms with Crippen LogP contribution < -0.4 is 10.6 Å². The Morgan fingerprint density at radius 2 is 2.11 bits per heavy atom. The lowest BCUT2D eigenvalue weighted by Gasteiger charge is -2.23. The minimum Gasteiger partial charge on any atom is -0.355 e. The van der Waals surface area contributed by atoms with E-state index in [0.29, 0.717) is 0 Å². The van der Waals surface area contributed by atoms with Gasteiger partial charge in [-0.2, -0.15) is 0 Å². The zero-order valence-electron chi connectivity index (χ0n) is 12.4. The fourth-order valence-corrected chi connectivity index (χ4v) is 2.70. The second-order valence-electron chi connectivity index (χ2n) is 5.81. The van der Waals surface area contributed by atoms with Crippen molar-refractivity contribution in [2.75, 3.05) is 38.1 Å². The van der Waals surface area contributed by atoms with Gasteiger partial charge in [0.1, 0.15) is 5.82 Å². The van der Waals surface area contributed by atoms with Gasteiger partial charge in [-0.25, -0.2) is 4.98 Å². The van der Waals surface area contributed by atoms with E-state index in [4.69, 9.17) is 5.73 Å². The van der Waals surface area contributed by atoms with Crippen LogP contribution in [0.5, 0.6) is 0 Å². The van der Waals surface area contributed by atoms with Crippen LogP contribution in [0.2, 0.25) is 0 Å². The number of hydrogen-bond donors (Lipinski definition) is 1. The zero-order chi connectivity index (χ0) is 13.8. The van der Waals surface area contributed by atoms with Crippen LogP contribution in [0, 0.1) is 6.92 Å². The van der Waals surface area contributed by atoms with Crippen molar-refractivity contribution in [1.82, 2.24) is 9.88 Å². The number of pyridine rings is 1. The van der Waals surface area contributed by atoms with Crippen LogP contribution >= 0.6 is 0 Å². The molecule has 19 heavy (non-hydrogen) atoms. The molecule has 0 aromatic carbocycles. The van der Waals surface area contributed by atoms with E-state index in [1.807, 2.05) is 13.1 Å². The Morgan fingerprint density at radius 3 is 2.79 bits per heavy atom. The van der Waals surface area contributed by atoms with Gasteiger partial charge in [0.15, 0.2) is 0 Å². The van der Waals surface area contributed by atoms with Crippen LogP contribution in [0.1, 0.15) is 24.5 Å². The molecule has 1 fully saturated rings. The van der Waals surface area contributed by atoms with E-state index in [1.54, 1.807) is 0 Å². The van der Waals surface area contributed by atoms with Crippen molar-refractivity contribution < 1.29 is 0 Å². The molecule has 4 heteroatoms. The lowest BCUT2D eigenvalue weighted by atomic mass is 10.1. The Balaban J connectivity index is 2.11. The Kier molecular flexibility index (Phi) is 4.77. The molecule has 0 bridgehead atoms. The maximum absolute atomic E-state index is 5.85. The van der Waals surface area contributed by atoms with Gasteiger partial charge in [0.2, 0.25) is 0 Å². The topological polar surface area (TPSA) is 45.4 Å². The Bertz CT molecular complexity index is 417. The molecule has 1 aliphatic heterocycles. The lowest BCUT2D eigenvalue weighted by molar-refractivity contribution is 0.360. The minimum atomic E-state index is 0.193. The fourth-order valence-electron chi connectivity index (χ4n) is 2.70. The van der Waals surface area contributed by atoms with Crippen molar-refractivity contribution in [2.24, 2.45) is 5.73 Å². The standard InChI is InChI=1S/C15H26N4/c1-12-9-14(10-13(2)16)11-17-15(12)19-6-4-5-18(3)7-8-19/h9,11,13H,4-8,10,16H2,1-3H3. The smallest absolute Gasteiger partial charge is 0.131 e. The third kappa shape index (κ3) is 3.91. The van der Waals surface area contributed by atoms with E-state index in [9.17, 15) is 0 Å². The summed E-state index contributed by atoms with van der Waals surface area (Å²) in [5, 5.41) is 0. The van der Waals surface area contributed by atoms with Gasteiger partial charge in [-0.05, 0) is 51.4 Å². The number of nitrogens with two attached hydrogens (primary N) is 1. The molecule has 0 amide bonds. The van der Waals surface area contributed by atoms with Crippen molar-refractivity contribution in [3.8, 4) is 0 Å². The molecule has 0 radical (unpaired) electrons. The average molecular weight is 262 g/mol. The highest BCUT2D eigenvalue weighted by Crippen LogP contribution is 2.20. The molecule has 1 saturated heterocycles. The van der Waals surface area contributed by atoms with Crippen molar-refractivity contribution >= 4 is 5.82 Å². The SMILES string of the molecule is Cc1cc(CC(C)N)cnc1N1CCCN(C)CC1. The quantitative estimate of drug-likeness (QED) is 0.895. The molecule has 1 unspecified atom stereocenters. The van der Waals surface area contributed by atoms with Crippen LogP contribution in [0.4, 0.5) is 5.82 Å². The van der Waals surface area contributed by atoms with E-state index < -0.39 is 0 Å². The summed E-state index contributed by atoms with van der Waals surface area (Å²) in [4.78, 5) is 9.47. The molecule has 2 heterocycles. The van der Waals surface area contributed by atoms with Gasteiger partial charge in [0.25, 0.3) is 0 Å². The Morgan fingerprint density at radius 1 is 1.32 bits per heavy atom. The Labute approximate surface area is 116 Å². The van der Waals surface area contributed by atoms with Gasteiger partial charge in [0.05, 0.1) is 0 Å². The second kappa shape index (κ2) is 6.35. The first kappa shape index (κ1) is 14.3. The number of anilines is 1. The van der Waals surface area contributed by atoms with Gasteiger partial charge < -0.3 is 15.5 Å². The number of hydrogen-bond acceptors (Lipinski definition) is 4. The van der Waals surface area contributed by atoms with Crippen molar-refractivity contribution in [3.05, 3.63) is 23.4 Å². The molecule has 0 aliphatic carbocycles. The number of aryl methyl sites for hydroxylation is 1. The molecule has 0 saturated carbocycles. The Hall–Kier alpha value is -1.13. The molecule has 4 nitrogen and oxygen atoms in total. The number of nitrogens with zero attached hydrogens (tertiary/aromatic N) is 3. The molecule has 1 atom stereocenters. The number of aromatic nitrogens is 1. The molecule has 2 rings (SSSR count). The average Bonchev–Trinajstić information content (AvgIpc) is 2.54. The van der Waals surface area contributed by atoms with Gasteiger partial charge >= 0.3 is 0 Å². The van der Waals surface area contributed by atoms with Gasteiger partial charge in [-0.1, -0.05) is 6.07 Å². The predicted molar refractivity (Wildman–Crippen MR) is 80.7 cm³/mol. The summed E-state index contributed by atoms with van der Waals surface area (Å²) < 4.78 is 0. The van der Waals surface area contributed by atoms with E-state index in [0.717, 1.165) is 31.9 Å². The van der Waals surface area contributed by atoms with Crippen LogP contribution in [0.3, 0.4) is 0 Å².